The molecule has 2 unspecified atom stereocenters. The molecule has 0 heterocycles. The van der Waals surface area contributed by atoms with Crippen LogP contribution in [0.1, 0.15) is 12.8 Å². The first-order chi connectivity index (χ1) is 7.77. The molecule has 1 aromatic carbocycles. The van der Waals surface area contributed by atoms with E-state index >= 15 is 0 Å². The van der Waals surface area contributed by atoms with Crippen molar-refractivity contribution in [2.75, 3.05) is 0 Å². The van der Waals surface area contributed by atoms with Gasteiger partial charge in [-0.25, -0.2) is 0 Å². The molecule has 0 amide bonds. The van der Waals surface area contributed by atoms with Crippen molar-refractivity contribution in [1.29, 1.82) is 10.5 Å². The van der Waals surface area contributed by atoms with Crippen molar-refractivity contribution in [3.63, 3.8) is 0 Å². The number of benzene rings is 1. The molecule has 2 nitrogen and oxygen atoms in total. The van der Waals surface area contributed by atoms with Crippen molar-refractivity contribution in [2.24, 2.45) is 0 Å². The van der Waals surface area contributed by atoms with Gasteiger partial charge in [-0.05, 0) is 0 Å². The second kappa shape index (κ2) is 7.01. The molecule has 0 bridgehead atoms. The van der Waals surface area contributed by atoms with Gasteiger partial charge < -0.3 is 0 Å². The maximum atomic E-state index is 13.6. The average molecular weight is 281 g/mol. The SMILES string of the molecule is N#CCC(F)C(CC#N)[Se]c1ccccc1. The van der Waals surface area contributed by atoms with E-state index in [0.29, 0.717) is 0 Å². The maximum absolute atomic E-state index is 13.6. The molecule has 0 aliphatic heterocycles. The van der Waals surface area contributed by atoms with Crippen LogP contribution in [0, 0.1) is 22.7 Å². The van der Waals surface area contributed by atoms with E-state index in [-0.39, 0.29) is 32.6 Å². The second-order valence-corrected chi connectivity index (χ2v) is 5.96. The van der Waals surface area contributed by atoms with E-state index in [1.54, 1.807) is 0 Å². The fourth-order valence-corrected chi connectivity index (χ4v) is 3.46. The Morgan fingerprint density at radius 3 is 2.31 bits per heavy atom. The summed E-state index contributed by atoms with van der Waals surface area (Å²) in [6.45, 7) is 0. The number of rotatable bonds is 5. The molecular formula is C12H11FN2Se. The molecule has 0 aromatic heterocycles. The average Bonchev–Trinajstić information content (AvgIpc) is 2.30. The van der Waals surface area contributed by atoms with Crippen molar-refractivity contribution in [3.05, 3.63) is 30.3 Å². The van der Waals surface area contributed by atoms with Crippen molar-refractivity contribution < 1.29 is 4.39 Å². The van der Waals surface area contributed by atoms with Gasteiger partial charge in [-0.1, -0.05) is 0 Å². The first-order valence-electron chi connectivity index (χ1n) is 4.87. The normalized spacial score (nSPS) is 13.4. The fourth-order valence-electron chi connectivity index (χ4n) is 1.23. The number of nitrogens with zero attached hydrogens (tertiary/aromatic N) is 2. The van der Waals surface area contributed by atoms with Crippen LogP contribution < -0.4 is 4.46 Å². The quantitative estimate of drug-likeness (QED) is 0.775. The third-order valence-electron chi connectivity index (χ3n) is 2.01. The van der Waals surface area contributed by atoms with Crippen LogP contribution in [0.25, 0.3) is 0 Å². The molecule has 82 valence electrons. The zero-order valence-corrected chi connectivity index (χ0v) is 10.3. The number of alkyl halides is 1. The summed E-state index contributed by atoms with van der Waals surface area (Å²) in [4.78, 5) is -0.320. The molecule has 0 aliphatic carbocycles. The first-order valence-corrected chi connectivity index (χ1v) is 6.72. The zero-order valence-electron chi connectivity index (χ0n) is 8.64. The van der Waals surface area contributed by atoms with Gasteiger partial charge in [0.2, 0.25) is 0 Å². The van der Waals surface area contributed by atoms with Gasteiger partial charge in [-0.15, -0.1) is 0 Å². The molecule has 0 radical (unpaired) electrons. The molecular weight excluding hydrogens is 270 g/mol. The Bertz CT molecular complexity index is 394. The van der Waals surface area contributed by atoms with Crippen molar-refractivity contribution in [1.82, 2.24) is 0 Å². The van der Waals surface area contributed by atoms with Gasteiger partial charge >= 0.3 is 101 Å². The Hall–Kier alpha value is -1.35. The summed E-state index contributed by atoms with van der Waals surface area (Å²) in [5.41, 5.74) is 0. The van der Waals surface area contributed by atoms with Crippen LogP contribution in [0.3, 0.4) is 0 Å². The third kappa shape index (κ3) is 4.03. The minimum atomic E-state index is -1.19. The molecule has 0 aliphatic rings. The Morgan fingerprint density at radius 1 is 1.12 bits per heavy atom. The van der Waals surface area contributed by atoms with E-state index in [2.05, 4.69) is 0 Å². The third-order valence-corrected chi connectivity index (χ3v) is 4.76. The van der Waals surface area contributed by atoms with Crippen molar-refractivity contribution in [3.8, 4) is 12.1 Å². The molecule has 0 saturated heterocycles. The van der Waals surface area contributed by atoms with Crippen LogP contribution in [-0.2, 0) is 0 Å². The van der Waals surface area contributed by atoms with Gasteiger partial charge in [0, 0.05) is 0 Å². The number of hydrogen-bond donors (Lipinski definition) is 0. The summed E-state index contributed by atoms with van der Waals surface area (Å²) in [5.74, 6) is 0. The van der Waals surface area contributed by atoms with Gasteiger partial charge in [0.05, 0.1) is 0 Å². The summed E-state index contributed by atoms with van der Waals surface area (Å²) < 4.78 is 14.6. The predicted octanol–water partition coefficient (Wildman–Crippen LogP) is 1.97. The van der Waals surface area contributed by atoms with Crippen LogP contribution in [0.2, 0.25) is 4.82 Å². The second-order valence-electron chi connectivity index (χ2n) is 3.21. The van der Waals surface area contributed by atoms with Crippen LogP contribution >= 0.6 is 0 Å². The number of nitriles is 2. The van der Waals surface area contributed by atoms with Crippen molar-refractivity contribution in [2.45, 2.75) is 23.8 Å². The van der Waals surface area contributed by atoms with Gasteiger partial charge in [0.25, 0.3) is 0 Å². The van der Waals surface area contributed by atoms with Gasteiger partial charge in [-0.3, -0.25) is 0 Å². The summed E-state index contributed by atoms with van der Waals surface area (Å²) in [6.07, 6.45) is -1.14. The van der Waals surface area contributed by atoms with E-state index in [4.69, 9.17) is 10.5 Å². The van der Waals surface area contributed by atoms with Gasteiger partial charge in [0.1, 0.15) is 0 Å². The molecule has 0 spiro atoms. The van der Waals surface area contributed by atoms with E-state index in [0.717, 1.165) is 4.46 Å². The van der Waals surface area contributed by atoms with Crippen LogP contribution in [-0.4, -0.2) is 21.1 Å². The van der Waals surface area contributed by atoms with Gasteiger partial charge in [-0.2, -0.15) is 0 Å². The Morgan fingerprint density at radius 2 is 1.75 bits per heavy atom. The van der Waals surface area contributed by atoms with Crippen LogP contribution in [0.5, 0.6) is 0 Å². The molecule has 0 saturated carbocycles. The van der Waals surface area contributed by atoms with E-state index in [1.807, 2.05) is 42.5 Å². The summed E-state index contributed by atoms with van der Waals surface area (Å²) in [6, 6.07) is 13.4. The van der Waals surface area contributed by atoms with E-state index in [9.17, 15) is 4.39 Å². The molecule has 0 N–H and O–H groups in total. The molecule has 4 heteroatoms. The Balaban J connectivity index is 2.66. The monoisotopic (exact) mass is 282 g/mol. The first kappa shape index (κ1) is 12.7. The molecule has 0 fully saturated rings. The molecule has 16 heavy (non-hydrogen) atoms. The van der Waals surface area contributed by atoms with Gasteiger partial charge in [0.15, 0.2) is 0 Å². The molecule has 2 atom stereocenters. The van der Waals surface area contributed by atoms with E-state index in [1.165, 1.54) is 0 Å². The van der Waals surface area contributed by atoms with Crippen LogP contribution in [0.15, 0.2) is 30.3 Å². The Labute approximate surface area is 101 Å². The molecule has 1 aromatic rings. The topological polar surface area (TPSA) is 47.6 Å². The van der Waals surface area contributed by atoms with E-state index < -0.39 is 6.17 Å². The minimum absolute atomic E-state index is 0.0900. The number of hydrogen-bond acceptors (Lipinski definition) is 2. The summed E-state index contributed by atoms with van der Waals surface area (Å²) in [7, 11) is 0. The predicted molar refractivity (Wildman–Crippen MR) is 60.9 cm³/mol. The molecule has 1 rings (SSSR count). The Kier molecular flexibility index (Phi) is 5.57. The fraction of sp³-hybridized carbons (Fsp3) is 0.333. The summed E-state index contributed by atoms with van der Waals surface area (Å²) in [5, 5.41) is 17.1. The zero-order chi connectivity index (χ0) is 11.8. The number of halogens is 1. The standard InChI is InChI=1S/C12H11FN2Se/c13-11(6-8-14)12(7-9-15)16-10-4-2-1-3-5-10/h1-5,11-12H,6-7H2. The summed E-state index contributed by atoms with van der Waals surface area (Å²) >= 11 is -0.0900. The van der Waals surface area contributed by atoms with Crippen molar-refractivity contribution >= 4 is 19.4 Å². The van der Waals surface area contributed by atoms with Crippen LogP contribution in [0.4, 0.5) is 4.39 Å².